The molecule has 1 saturated heterocycles. The Morgan fingerprint density at radius 2 is 1.69 bits per heavy atom. The lowest BCUT2D eigenvalue weighted by molar-refractivity contribution is -0.133. The van der Waals surface area contributed by atoms with Crippen LogP contribution in [0.4, 0.5) is 4.79 Å². The van der Waals surface area contributed by atoms with Gasteiger partial charge >= 0.3 is 6.09 Å². The zero-order chi connectivity index (χ0) is 26.0. The van der Waals surface area contributed by atoms with E-state index in [2.05, 4.69) is 64.5 Å². The third-order valence-electron chi connectivity index (χ3n) is 6.39. The minimum atomic E-state index is -0.530. The molecule has 2 aromatic carbocycles. The molecule has 0 saturated carbocycles. The summed E-state index contributed by atoms with van der Waals surface area (Å²) >= 11 is 0. The van der Waals surface area contributed by atoms with Crippen molar-refractivity contribution in [2.45, 2.75) is 63.6 Å². The van der Waals surface area contributed by atoms with Crippen LogP contribution in [0, 0.1) is 0 Å². The van der Waals surface area contributed by atoms with Crippen LogP contribution < -0.4 is 16.0 Å². The maximum Gasteiger partial charge on any atom is 0.407 e. The summed E-state index contributed by atoms with van der Waals surface area (Å²) in [6.45, 7) is 8.14. The van der Waals surface area contributed by atoms with Crippen LogP contribution >= 0.6 is 0 Å². The summed E-state index contributed by atoms with van der Waals surface area (Å²) in [5, 5.41) is 9.63. The van der Waals surface area contributed by atoms with Crippen LogP contribution in [0.2, 0.25) is 0 Å². The van der Waals surface area contributed by atoms with Crippen LogP contribution in [0.3, 0.4) is 0 Å². The molecule has 2 amide bonds. The van der Waals surface area contributed by atoms with E-state index < -0.39 is 11.7 Å². The first kappa shape index (κ1) is 27.7. The standard InChI is InChI=1S/C29H42N4O3/c1-29(2,3)36-28(35)31-18-11-16-26-27(34)33(19-17-24(32-26)20-30-4)21-25(22-12-7-5-8-13-22)23-14-9-6-10-15-23/h5-10,12-15,24-26,30,32H,11,16-21H2,1-4H3,(H,31,35). The van der Waals surface area contributed by atoms with Gasteiger partial charge in [-0.25, -0.2) is 4.79 Å². The highest BCUT2D eigenvalue weighted by atomic mass is 16.6. The van der Waals surface area contributed by atoms with E-state index in [9.17, 15) is 9.59 Å². The quantitative estimate of drug-likeness (QED) is 0.437. The molecule has 1 aliphatic rings. The van der Waals surface area contributed by atoms with E-state index in [4.69, 9.17) is 4.74 Å². The van der Waals surface area contributed by atoms with Crippen molar-refractivity contribution in [3.05, 3.63) is 71.8 Å². The van der Waals surface area contributed by atoms with Gasteiger partial charge < -0.3 is 25.6 Å². The molecule has 2 aromatic rings. The van der Waals surface area contributed by atoms with Crippen LogP contribution in [-0.4, -0.2) is 67.8 Å². The Hall–Kier alpha value is -2.90. The van der Waals surface area contributed by atoms with E-state index in [-0.39, 0.29) is 23.9 Å². The first-order valence-corrected chi connectivity index (χ1v) is 13.0. The Kier molecular flexibility index (Phi) is 10.3. The van der Waals surface area contributed by atoms with Crippen molar-refractivity contribution in [1.29, 1.82) is 0 Å². The highest BCUT2D eigenvalue weighted by Gasteiger charge is 2.32. The maximum atomic E-state index is 13.7. The number of amides is 2. The summed E-state index contributed by atoms with van der Waals surface area (Å²) in [6, 6.07) is 20.8. The summed E-state index contributed by atoms with van der Waals surface area (Å²) in [6.07, 6.45) is 1.79. The molecular formula is C29H42N4O3. The fourth-order valence-corrected chi connectivity index (χ4v) is 4.68. The van der Waals surface area contributed by atoms with E-state index in [0.29, 0.717) is 32.5 Å². The molecule has 1 heterocycles. The van der Waals surface area contributed by atoms with Gasteiger partial charge in [-0.15, -0.1) is 0 Å². The van der Waals surface area contributed by atoms with Gasteiger partial charge in [-0.05, 0) is 58.2 Å². The number of rotatable bonds is 10. The van der Waals surface area contributed by atoms with Crippen LogP contribution in [-0.2, 0) is 9.53 Å². The molecule has 36 heavy (non-hydrogen) atoms. The molecule has 2 unspecified atom stereocenters. The highest BCUT2D eigenvalue weighted by Crippen LogP contribution is 2.27. The Balaban J connectivity index is 1.70. The van der Waals surface area contributed by atoms with Gasteiger partial charge in [0, 0.05) is 38.1 Å². The summed E-state index contributed by atoms with van der Waals surface area (Å²) in [4.78, 5) is 27.7. The van der Waals surface area contributed by atoms with Gasteiger partial charge in [-0.3, -0.25) is 4.79 Å². The average Bonchev–Trinajstić information content (AvgIpc) is 2.99. The zero-order valence-electron chi connectivity index (χ0n) is 22.1. The summed E-state index contributed by atoms with van der Waals surface area (Å²) in [7, 11) is 1.94. The van der Waals surface area contributed by atoms with Crippen molar-refractivity contribution < 1.29 is 14.3 Å². The largest absolute Gasteiger partial charge is 0.444 e. The van der Waals surface area contributed by atoms with Crippen molar-refractivity contribution in [3.8, 4) is 0 Å². The summed E-state index contributed by atoms with van der Waals surface area (Å²) < 4.78 is 5.32. The van der Waals surface area contributed by atoms with Crippen LogP contribution in [0.5, 0.6) is 0 Å². The molecule has 0 bridgehead atoms. The van der Waals surface area contributed by atoms with E-state index in [1.165, 1.54) is 11.1 Å². The molecule has 196 valence electrons. The SMILES string of the molecule is CNCC1CCN(CC(c2ccccc2)c2ccccc2)C(=O)C(CCCNC(=O)OC(C)(C)C)N1. The number of hydrogen-bond acceptors (Lipinski definition) is 5. The van der Waals surface area contributed by atoms with Gasteiger partial charge in [0.25, 0.3) is 0 Å². The molecule has 7 heteroatoms. The molecule has 0 radical (unpaired) electrons. The number of carbonyl (C=O) groups is 2. The van der Waals surface area contributed by atoms with Crippen molar-refractivity contribution in [2.75, 3.05) is 33.2 Å². The Bertz CT molecular complexity index is 906. The number of nitrogens with zero attached hydrogens (tertiary/aromatic N) is 1. The van der Waals surface area contributed by atoms with E-state index in [0.717, 1.165) is 13.0 Å². The molecule has 1 aliphatic heterocycles. The number of ether oxygens (including phenoxy) is 1. The maximum absolute atomic E-state index is 13.7. The monoisotopic (exact) mass is 494 g/mol. The van der Waals surface area contributed by atoms with Crippen LogP contribution in [0.15, 0.2) is 60.7 Å². The molecule has 7 nitrogen and oxygen atoms in total. The number of carbonyl (C=O) groups excluding carboxylic acids is 2. The van der Waals surface area contributed by atoms with Gasteiger partial charge in [0.1, 0.15) is 5.60 Å². The zero-order valence-corrected chi connectivity index (χ0v) is 22.1. The first-order chi connectivity index (χ1) is 17.3. The summed E-state index contributed by atoms with van der Waals surface area (Å²) in [5.74, 6) is 0.231. The number of likely N-dealkylation sites (N-methyl/N-ethyl adjacent to an activating group) is 1. The second-order valence-electron chi connectivity index (χ2n) is 10.5. The summed E-state index contributed by atoms with van der Waals surface area (Å²) in [5.41, 5.74) is 1.88. The van der Waals surface area contributed by atoms with Crippen molar-refractivity contribution in [1.82, 2.24) is 20.9 Å². The predicted molar refractivity (Wildman–Crippen MR) is 144 cm³/mol. The molecular weight excluding hydrogens is 452 g/mol. The number of hydrogen-bond donors (Lipinski definition) is 3. The lowest BCUT2D eigenvalue weighted by atomic mass is 9.90. The van der Waals surface area contributed by atoms with Gasteiger partial charge in [-0.1, -0.05) is 60.7 Å². The average molecular weight is 495 g/mol. The fourth-order valence-electron chi connectivity index (χ4n) is 4.68. The lowest BCUT2D eigenvalue weighted by Crippen LogP contribution is -2.48. The third-order valence-corrected chi connectivity index (χ3v) is 6.39. The van der Waals surface area contributed by atoms with Crippen LogP contribution in [0.1, 0.15) is 57.1 Å². The first-order valence-electron chi connectivity index (χ1n) is 13.0. The minimum absolute atomic E-state index is 0.103. The normalized spacial score (nSPS) is 18.7. The second-order valence-corrected chi connectivity index (χ2v) is 10.5. The van der Waals surface area contributed by atoms with Crippen molar-refractivity contribution in [3.63, 3.8) is 0 Å². The van der Waals surface area contributed by atoms with E-state index in [1.54, 1.807) is 0 Å². The Morgan fingerprint density at radius 1 is 1.08 bits per heavy atom. The molecule has 0 aliphatic carbocycles. The smallest absolute Gasteiger partial charge is 0.407 e. The van der Waals surface area contributed by atoms with Crippen LogP contribution in [0.25, 0.3) is 0 Å². The van der Waals surface area contributed by atoms with Gasteiger partial charge in [0.2, 0.25) is 5.91 Å². The molecule has 2 atom stereocenters. The minimum Gasteiger partial charge on any atom is -0.444 e. The van der Waals surface area contributed by atoms with E-state index >= 15 is 0 Å². The fraction of sp³-hybridized carbons (Fsp3) is 0.517. The second kappa shape index (κ2) is 13.4. The van der Waals surface area contributed by atoms with E-state index in [1.807, 2.05) is 44.9 Å². The van der Waals surface area contributed by atoms with Crippen molar-refractivity contribution >= 4 is 12.0 Å². The van der Waals surface area contributed by atoms with Crippen molar-refractivity contribution in [2.24, 2.45) is 0 Å². The molecule has 1 fully saturated rings. The number of nitrogens with one attached hydrogen (secondary N) is 3. The van der Waals surface area contributed by atoms with Gasteiger partial charge in [0.15, 0.2) is 0 Å². The third kappa shape index (κ3) is 8.64. The molecule has 0 spiro atoms. The molecule has 3 rings (SSSR count). The number of alkyl carbamates (subject to hydrolysis) is 1. The van der Waals surface area contributed by atoms with Gasteiger partial charge in [0.05, 0.1) is 6.04 Å². The Morgan fingerprint density at radius 3 is 2.25 bits per heavy atom. The highest BCUT2D eigenvalue weighted by molar-refractivity contribution is 5.82. The Labute approximate surface area is 216 Å². The topological polar surface area (TPSA) is 82.7 Å². The molecule has 0 aromatic heterocycles. The van der Waals surface area contributed by atoms with Gasteiger partial charge in [-0.2, -0.15) is 0 Å². The molecule has 3 N–H and O–H groups in total. The lowest BCUT2D eigenvalue weighted by Gasteiger charge is -2.29. The number of benzene rings is 2. The predicted octanol–water partition coefficient (Wildman–Crippen LogP) is 3.90.